The van der Waals surface area contributed by atoms with E-state index in [4.69, 9.17) is 16.7 Å². The fraction of sp³-hybridized carbons (Fsp3) is 0.444. The highest BCUT2D eigenvalue weighted by Crippen LogP contribution is 2.28. The fourth-order valence-corrected chi connectivity index (χ4v) is 1.47. The van der Waals surface area contributed by atoms with Gasteiger partial charge in [-0.2, -0.15) is 0 Å². The molecule has 1 N–H and O–H groups in total. The number of aromatic nitrogens is 2. The van der Waals surface area contributed by atoms with Crippen LogP contribution in [0.4, 0.5) is 5.95 Å². The second-order valence-corrected chi connectivity index (χ2v) is 3.92. The van der Waals surface area contributed by atoms with Gasteiger partial charge in [-0.15, -0.1) is 0 Å². The van der Waals surface area contributed by atoms with Crippen molar-refractivity contribution >= 4 is 23.5 Å². The van der Waals surface area contributed by atoms with Crippen LogP contribution in [0.5, 0.6) is 0 Å². The zero-order chi connectivity index (χ0) is 11.0. The molecule has 1 aromatic heterocycles. The molecular formula is C9H10ClN3O2. The molecule has 1 aromatic rings. The molecule has 5 nitrogen and oxygen atoms in total. The van der Waals surface area contributed by atoms with Crippen molar-refractivity contribution in [3.05, 3.63) is 16.9 Å². The molecule has 1 saturated carbocycles. The summed E-state index contributed by atoms with van der Waals surface area (Å²) >= 11 is 5.67. The minimum Gasteiger partial charge on any atom is -0.476 e. The Bertz CT molecular complexity index is 406. The molecule has 80 valence electrons. The Morgan fingerprint density at radius 2 is 2.33 bits per heavy atom. The van der Waals surface area contributed by atoms with E-state index in [1.165, 1.54) is 6.20 Å². The third kappa shape index (κ3) is 2.02. The van der Waals surface area contributed by atoms with Gasteiger partial charge in [0.2, 0.25) is 5.95 Å². The lowest BCUT2D eigenvalue weighted by molar-refractivity contribution is 0.0690. The minimum atomic E-state index is -1.13. The zero-order valence-corrected chi connectivity index (χ0v) is 8.90. The third-order valence-electron chi connectivity index (χ3n) is 2.34. The molecule has 0 unspecified atom stereocenters. The van der Waals surface area contributed by atoms with Crippen molar-refractivity contribution in [3.8, 4) is 0 Å². The normalized spacial score (nSPS) is 15.1. The molecular weight excluding hydrogens is 218 g/mol. The maximum atomic E-state index is 10.8. The summed E-state index contributed by atoms with van der Waals surface area (Å²) in [4.78, 5) is 20.6. The van der Waals surface area contributed by atoms with Gasteiger partial charge in [-0.25, -0.2) is 14.8 Å². The van der Waals surface area contributed by atoms with Gasteiger partial charge < -0.3 is 10.0 Å². The molecule has 1 aliphatic carbocycles. The van der Waals surface area contributed by atoms with Gasteiger partial charge in [0.25, 0.3) is 0 Å². The average molecular weight is 228 g/mol. The van der Waals surface area contributed by atoms with Crippen LogP contribution in [-0.2, 0) is 0 Å². The summed E-state index contributed by atoms with van der Waals surface area (Å²) in [6.45, 7) is 0. The molecule has 0 saturated heterocycles. The van der Waals surface area contributed by atoms with Crippen LogP contribution in [0.25, 0.3) is 0 Å². The quantitative estimate of drug-likeness (QED) is 0.846. The molecule has 0 atom stereocenters. The van der Waals surface area contributed by atoms with Gasteiger partial charge in [0, 0.05) is 13.1 Å². The number of hydrogen-bond donors (Lipinski definition) is 1. The van der Waals surface area contributed by atoms with Gasteiger partial charge in [-0.3, -0.25) is 0 Å². The first-order valence-corrected chi connectivity index (χ1v) is 4.96. The highest BCUT2D eigenvalue weighted by molar-refractivity contribution is 6.33. The smallest absolute Gasteiger partial charge is 0.356 e. The predicted octanol–water partition coefficient (Wildman–Crippen LogP) is 1.43. The number of carbonyl (C=O) groups is 1. The highest BCUT2D eigenvalue weighted by atomic mass is 35.5. The number of anilines is 1. The summed E-state index contributed by atoms with van der Waals surface area (Å²) < 4.78 is 0. The summed E-state index contributed by atoms with van der Waals surface area (Å²) in [5.41, 5.74) is -0.144. The number of aromatic carboxylic acids is 1. The second kappa shape index (κ2) is 3.66. The third-order valence-corrected chi connectivity index (χ3v) is 2.62. The number of carboxylic acids is 1. The van der Waals surface area contributed by atoms with Crippen molar-refractivity contribution in [1.29, 1.82) is 0 Å². The van der Waals surface area contributed by atoms with E-state index in [0.29, 0.717) is 12.0 Å². The van der Waals surface area contributed by atoms with Crippen LogP contribution in [0.15, 0.2) is 6.20 Å². The van der Waals surface area contributed by atoms with Crippen LogP contribution >= 0.6 is 11.6 Å². The molecule has 0 radical (unpaired) electrons. The molecule has 1 heterocycles. The standard InChI is InChI=1S/C9H10ClN3O2/c1-13(5-2-3-5)9-11-4-6(10)7(12-9)8(14)15/h4-5H,2-3H2,1H3,(H,14,15). The van der Waals surface area contributed by atoms with E-state index in [-0.39, 0.29) is 10.7 Å². The number of halogens is 1. The van der Waals surface area contributed by atoms with E-state index in [1.807, 2.05) is 11.9 Å². The molecule has 0 spiro atoms. The molecule has 0 bridgehead atoms. The SMILES string of the molecule is CN(c1ncc(Cl)c(C(=O)O)n1)C1CC1. The van der Waals surface area contributed by atoms with E-state index in [9.17, 15) is 4.79 Å². The molecule has 0 amide bonds. The Morgan fingerprint density at radius 3 is 2.87 bits per heavy atom. The van der Waals surface area contributed by atoms with Crippen LogP contribution in [0.3, 0.4) is 0 Å². The van der Waals surface area contributed by atoms with Crippen molar-refractivity contribution in [2.24, 2.45) is 0 Å². The average Bonchev–Trinajstić information content (AvgIpc) is 3.00. The summed E-state index contributed by atoms with van der Waals surface area (Å²) in [5, 5.41) is 8.90. The maximum absolute atomic E-state index is 10.8. The number of hydrogen-bond acceptors (Lipinski definition) is 4. The van der Waals surface area contributed by atoms with E-state index >= 15 is 0 Å². The highest BCUT2D eigenvalue weighted by Gasteiger charge is 2.28. The van der Waals surface area contributed by atoms with E-state index < -0.39 is 5.97 Å². The fourth-order valence-electron chi connectivity index (χ4n) is 1.30. The first kappa shape index (κ1) is 10.2. The minimum absolute atomic E-state index is 0.0652. The number of rotatable bonds is 3. The Labute approximate surface area is 91.7 Å². The van der Waals surface area contributed by atoms with Crippen molar-refractivity contribution in [1.82, 2.24) is 9.97 Å². The summed E-state index contributed by atoms with van der Waals surface area (Å²) in [6.07, 6.45) is 3.53. The molecule has 0 aliphatic heterocycles. The summed E-state index contributed by atoms with van der Waals surface area (Å²) in [5.74, 6) is -0.716. The molecule has 2 rings (SSSR count). The van der Waals surface area contributed by atoms with Gasteiger partial charge in [0.15, 0.2) is 5.69 Å². The van der Waals surface area contributed by atoms with Gasteiger partial charge in [0.05, 0.1) is 11.2 Å². The van der Waals surface area contributed by atoms with E-state index in [0.717, 1.165) is 12.8 Å². The Hall–Kier alpha value is -1.36. The summed E-state index contributed by atoms with van der Waals surface area (Å²) in [6, 6.07) is 0.438. The Kier molecular flexibility index (Phi) is 2.48. The van der Waals surface area contributed by atoms with Crippen LogP contribution in [-0.4, -0.2) is 34.1 Å². The topological polar surface area (TPSA) is 66.3 Å². The molecule has 1 fully saturated rings. The van der Waals surface area contributed by atoms with Crippen molar-refractivity contribution in [3.63, 3.8) is 0 Å². The lowest BCUT2D eigenvalue weighted by Gasteiger charge is -2.15. The maximum Gasteiger partial charge on any atom is 0.356 e. The van der Waals surface area contributed by atoms with Crippen molar-refractivity contribution < 1.29 is 9.90 Å². The molecule has 0 aromatic carbocycles. The first-order chi connectivity index (χ1) is 7.09. The van der Waals surface area contributed by atoms with Gasteiger partial charge in [-0.1, -0.05) is 11.6 Å². The Balaban J connectivity index is 2.32. The van der Waals surface area contributed by atoms with Crippen molar-refractivity contribution in [2.75, 3.05) is 11.9 Å². The van der Waals surface area contributed by atoms with Gasteiger partial charge >= 0.3 is 5.97 Å². The number of nitrogens with zero attached hydrogens (tertiary/aromatic N) is 3. The number of carboxylic acid groups (broad SMARTS) is 1. The van der Waals surface area contributed by atoms with Crippen LogP contribution in [0.2, 0.25) is 5.02 Å². The monoisotopic (exact) mass is 227 g/mol. The van der Waals surface area contributed by atoms with Gasteiger partial charge in [-0.05, 0) is 12.8 Å². The zero-order valence-electron chi connectivity index (χ0n) is 8.14. The van der Waals surface area contributed by atoms with Gasteiger partial charge in [0.1, 0.15) is 0 Å². The Morgan fingerprint density at radius 1 is 1.67 bits per heavy atom. The van der Waals surface area contributed by atoms with Crippen LogP contribution < -0.4 is 4.90 Å². The lowest BCUT2D eigenvalue weighted by Crippen LogP contribution is -2.23. The van der Waals surface area contributed by atoms with E-state index in [2.05, 4.69) is 9.97 Å². The molecule has 6 heteroatoms. The van der Waals surface area contributed by atoms with E-state index in [1.54, 1.807) is 0 Å². The predicted molar refractivity (Wildman–Crippen MR) is 55.4 cm³/mol. The largest absolute Gasteiger partial charge is 0.476 e. The van der Waals surface area contributed by atoms with Crippen molar-refractivity contribution in [2.45, 2.75) is 18.9 Å². The van der Waals surface area contributed by atoms with Crippen LogP contribution in [0.1, 0.15) is 23.3 Å². The molecule has 15 heavy (non-hydrogen) atoms. The molecule has 1 aliphatic rings. The first-order valence-electron chi connectivity index (χ1n) is 4.58. The second-order valence-electron chi connectivity index (χ2n) is 3.51. The summed E-state index contributed by atoms with van der Waals surface area (Å²) in [7, 11) is 1.85. The van der Waals surface area contributed by atoms with Crippen LogP contribution in [0, 0.1) is 0 Å². The lowest BCUT2D eigenvalue weighted by atomic mass is 10.4.